The molecule has 0 atom stereocenters. The van der Waals surface area contributed by atoms with Crippen molar-refractivity contribution in [2.45, 2.75) is 52.7 Å². The smallest absolute Gasteiger partial charge is 0.412 e. The molecule has 0 radical (unpaired) electrons. The third-order valence-electron chi connectivity index (χ3n) is 4.30. The van der Waals surface area contributed by atoms with Crippen LogP contribution in [-0.4, -0.2) is 35.8 Å². The first-order valence-corrected chi connectivity index (χ1v) is 11.9. The van der Waals surface area contributed by atoms with Crippen LogP contribution in [0.15, 0.2) is 48.5 Å². The Balaban J connectivity index is 1.69. The van der Waals surface area contributed by atoms with Crippen LogP contribution in [0.4, 0.5) is 16.2 Å². The van der Waals surface area contributed by atoms with Gasteiger partial charge in [-0.2, -0.15) is 0 Å². The molecule has 3 aromatic rings. The first-order chi connectivity index (χ1) is 16.3. The molecule has 1 aromatic heterocycles. The molecule has 0 fully saturated rings. The van der Waals surface area contributed by atoms with Crippen LogP contribution in [0.5, 0.6) is 5.75 Å². The zero-order valence-corrected chi connectivity index (χ0v) is 21.5. The number of carbonyl (C=O) groups excluding carboxylic acids is 3. The monoisotopic (exact) mass is 498 g/mol. The number of benzene rings is 2. The molecule has 0 aliphatic rings. The highest BCUT2D eigenvalue weighted by Gasteiger charge is 2.19. The minimum Gasteiger partial charge on any atom is -0.482 e. The molecule has 186 valence electrons. The summed E-state index contributed by atoms with van der Waals surface area (Å²) >= 11 is 1.32. The van der Waals surface area contributed by atoms with Gasteiger partial charge in [0, 0.05) is 4.70 Å². The molecule has 9 heteroatoms. The summed E-state index contributed by atoms with van der Waals surface area (Å²) in [7, 11) is 0. The SMILES string of the molecule is CC(C)(C)OC(=O)COc1ccc2sc(C(=O)Nc3ccccc3NC(=O)OC(C)(C)C)cc2c1. The van der Waals surface area contributed by atoms with Gasteiger partial charge in [-0.05, 0) is 83.3 Å². The fourth-order valence-corrected chi connectivity index (χ4v) is 3.97. The van der Waals surface area contributed by atoms with Crippen molar-refractivity contribution in [1.82, 2.24) is 0 Å². The van der Waals surface area contributed by atoms with E-state index in [1.165, 1.54) is 11.3 Å². The van der Waals surface area contributed by atoms with Gasteiger partial charge in [-0.3, -0.25) is 10.1 Å². The predicted octanol–water partition coefficient (Wildman–Crippen LogP) is 6.22. The van der Waals surface area contributed by atoms with Crippen molar-refractivity contribution in [3.63, 3.8) is 0 Å². The lowest BCUT2D eigenvalue weighted by Crippen LogP contribution is -2.27. The summed E-state index contributed by atoms with van der Waals surface area (Å²) in [4.78, 5) is 37.5. The van der Waals surface area contributed by atoms with Gasteiger partial charge in [0.05, 0.1) is 16.3 Å². The van der Waals surface area contributed by atoms with Gasteiger partial charge in [0.1, 0.15) is 17.0 Å². The number of thiophene rings is 1. The average Bonchev–Trinajstić information content (AvgIpc) is 3.14. The number of esters is 1. The third-order valence-corrected chi connectivity index (χ3v) is 5.41. The van der Waals surface area contributed by atoms with Crippen molar-refractivity contribution in [3.05, 3.63) is 53.4 Å². The van der Waals surface area contributed by atoms with E-state index >= 15 is 0 Å². The van der Waals surface area contributed by atoms with Crippen molar-refractivity contribution in [3.8, 4) is 5.75 Å². The molecule has 35 heavy (non-hydrogen) atoms. The zero-order chi connectivity index (χ0) is 25.8. The summed E-state index contributed by atoms with van der Waals surface area (Å²) in [6, 6.07) is 14.0. The molecule has 0 unspecified atom stereocenters. The molecule has 2 aromatic carbocycles. The lowest BCUT2D eigenvalue weighted by atomic mass is 10.2. The van der Waals surface area contributed by atoms with Crippen LogP contribution >= 0.6 is 11.3 Å². The lowest BCUT2D eigenvalue weighted by Gasteiger charge is -2.20. The maximum absolute atomic E-state index is 12.9. The second-order valence-corrected chi connectivity index (χ2v) is 10.9. The van der Waals surface area contributed by atoms with E-state index in [2.05, 4.69) is 10.6 Å². The van der Waals surface area contributed by atoms with Gasteiger partial charge in [-0.15, -0.1) is 11.3 Å². The van der Waals surface area contributed by atoms with Crippen molar-refractivity contribution in [2.24, 2.45) is 0 Å². The molecular weight excluding hydrogens is 468 g/mol. The van der Waals surface area contributed by atoms with Crippen LogP contribution in [0.2, 0.25) is 0 Å². The van der Waals surface area contributed by atoms with Gasteiger partial charge in [-0.1, -0.05) is 12.1 Å². The maximum atomic E-state index is 12.9. The molecule has 0 saturated carbocycles. The quantitative estimate of drug-likeness (QED) is 0.391. The van der Waals surface area contributed by atoms with Crippen LogP contribution in [0, 0.1) is 0 Å². The molecule has 2 amide bonds. The van der Waals surface area contributed by atoms with Crippen molar-refractivity contribution in [2.75, 3.05) is 17.2 Å². The summed E-state index contributed by atoms with van der Waals surface area (Å²) < 4.78 is 17.0. The van der Waals surface area contributed by atoms with Crippen LogP contribution in [0.25, 0.3) is 10.1 Å². The molecule has 0 spiro atoms. The molecule has 2 N–H and O–H groups in total. The highest BCUT2D eigenvalue weighted by Crippen LogP contribution is 2.30. The van der Waals surface area contributed by atoms with Gasteiger partial charge < -0.3 is 19.5 Å². The maximum Gasteiger partial charge on any atom is 0.412 e. The molecule has 0 aliphatic heterocycles. The number of ether oxygens (including phenoxy) is 3. The van der Waals surface area contributed by atoms with E-state index in [1.807, 2.05) is 6.07 Å². The van der Waals surface area contributed by atoms with Crippen LogP contribution in [-0.2, 0) is 14.3 Å². The number of para-hydroxylation sites is 2. The Morgan fingerprint density at radius 2 is 1.46 bits per heavy atom. The summed E-state index contributed by atoms with van der Waals surface area (Å²) in [6.07, 6.45) is -0.611. The first-order valence-electron chi connectivity index (χ1n) is 11.1. The van der Waals surface area contributed by atoms with E-state index in [9.17, 15) is 14.4 Å². The van der Waals surface area contributed by atoms with Gasteiger partial charge in [0.2, 0.25) is 0 Å². The molecule has 8 nitrogen and oxygen atoms in total. The molecule has 0 saturated heterocycles. The van der Waals surface area contributed by atoms with E-state index in [1.54, 1.807) is 84.0 Å². The fraction of sp³-hybridized carbons (Fsp3) is 0.346. The topological polar surface area (TPSA) is 103 Å². The van der Waals surface area contributed by atoms with E-state index in [0.29, 0.717) is 22.0 Å². The van der Waals surface area contributed by atoms with E-state index < -0.39 is 23.3 Å². The summed E-state index contributed by atoms with van der Waals surface area (Å²) in [6.45, 7) is 10.5. The normalized spacial score (nSPS) is 11.6. The highest BCUT2D eigenvalue weighted by molar-refractivity contribution is 7.20. The second kappa shape index (κ2) is 10.4. The Bertz CT molecular complexity index is 1240. The summed E-state index contributed by atoms with van der Waals surface area (Å²) in [5.74, 6) is -0.275. The van der Waals surface area contributed by atoms with E-state index in [-0.39, 0.29) is 12.5 Å². The Labute approximate surface area is 208 Å². The standard InChI is InChI=1S/C26H30N2O6S/c1-25(2,3)33-22(29)15-32-17-11-12-20-16(13-17)14-21(35-20)23(30)27-18-9-7-8-10-19(18)28-24(31)34-26(4,5)6/h7-14H,15H2,1-6H3,(H,27,30)(H,28,31). The molecule has 1 heterocycles. The predicted molar refractivity (Wildman–Crippen MR) is 137 cm³/mol. The number of hydrogen-bond donors (Lipinski definition) is 2. The second-order valence-electron chi connectivity index (χ2n) is 9.81. The highest BCUT2D eigenvalue weighted by atomic mass is 32.1. The van der Waals surface area contributed by atoms with Crippen molar-refractivity contribution >= 4 is 50.8 Å². The summed E-state index contributed by atoms with van der Waals surface area (Å²) in [5.41, 5.74) is -0.355. The number of carbonyl (C=O) groups is 3. The van der Waals surface area contributed by atoms with Gasteiger partial charge in [-0.25, -0.2) is 9.59 Å². The van der Waals surface area contributed by atoms with Gasteiger partial charge in [0.25, 0.3) is 5.91 Å². The number of fused-ring (bicyclic) bond motifs is 1. The van der Waals surface area contributed by atoms with E-state index in [4.69, 9.17) is 14.2 Å². The number of nitrogens with one attached hydrogen (secondary N) is 2. The van der Waals surface area contributed by atoms with Crippen molar-refractivity contribution in [1.29, 1.82) is 0 Å². The summed E-state index contributed by atoms with van der Waals surface area (Å²) in [5, 5.41) is 6.32. The molecule has 0 bridgehead atoms. The number of rotatable bonds is 6. The average molecular weight is 499 g/mol. The Morgan fingerprint density at radius 3 is 2.09 bits per heavy atom. The zero-order valence-electron chi connectivity index (χ0n) is 20.7. The fourth-order valence-electron chi connectivity index (χ4n) is 3.03. The van der Waals surface area contributed by atoms with Gasteiger partial charge in [0.15, 0.2) is 6.61 Å². The number of hydrogen-bond acceptors (Lipinski definition) is 7. The van der Waals surface area contributed by atoms with Crippen LogP contribution in [0.1, 0.15) is 51.2 Å². The van der Waals surface area contributed by atoms with E-state index in [0.717, 1.165) is 10.1 Å². The molecular formula is C26H30N2O6S. The Morgan fingerprint density at radius 1 is 0.829 bits per heavy atom. The number of amides is 2. The Kier molecular flexibility index (Phi) is 7.70. The molecule has 0 aliphatic carbocycles. The van der Waals surface area contributed by atoms with Crippen molar-refractivity contribution < 1.29 is 28.6 Å². The van der Waals surface area contributed by atoms with Crippen LogP contribution in [0.3, 0.4) is 0 Å². The minimum atomic E-state index is -0.644. The number of anilines is 2. The van der Waals surface area contributed by atoms with Crippen LogP contribution < -0.4 is 15.4 Å². The minimum absolute atomic E-state index is 0.207. The third kappa shape index (κ3) is 7.99. The largest absolute Gasteiger partial charge is 0.482 e. The first kappa shape index (κ1) is 26.0. The van der Waals surface area contributed by atoms with Gasteiger partial charge >= 0.3 is 12.1 Å². The molecule has 3 rings (SSSR count). The Hall–Kier alpha value is -3.59. The lowest BCUT2D eigenvalue weighted by molar-refractivity contribution is -0.157.